The Balaban J connectivity index is 2.66. The highest BCUT2D eigenvalue weighted by molar-refractivity contribution is 5.28. The third kappa shape index (κ3) is 3.50. The maximum Gasteiger partial charge on any atom is 0.119 e. The first-order valence-corrected chi connectivity index (χ1v) is 4.69. The molecule has 0 aliphatic rings. The number of azide groups is 1. The minimum Gasteiger partial charge on any atom is -0.494 e. The van der Waals surface area contributed by atoms with E-state index in [0.29, 0.717) is 12.2 Å². The van der Waals surface area contributed by atoms with E-state index < -0.39 is 6.10 Å². The van der Waals surface area contributed by atoms with Crippen molar-refractivity contribution < 1.29 is 9.84 Å². The van der Waals surface area contributed by atoms with Crippen molar-refractivity contribution in [1.29, 1.82) is 0 Å². The van der Waals surface area contributed by atoms with Crippen LogP contribution in [-0.4, -0.2) is 18.3 Å². The van der Waals surface area contributed by atoms with E-state index in [1.165, 1.54) is 0 Å². The highest BCUT2D eigenvalue weighted by Crippen LogP contribution is 2.17. The number of benzene rings is 1. The van der Waals surface area contributed by atoms with Crippen molar-refractivity contribution in [1.82, 2.24) is 0 Å². The van der Waals surface area contributed by atoms with Gasteiger partial charge < -0.3 is 9.84 Å². The number of rotatable bonds is 5. The van der Waals surface area contributed by atoms with Gasteiger partial charge in [-0.2, -0.15) is 0 Å². The van der Waals surface area contributed by atoms with Gasteiger partial charge >= 0.3 is 0 Å². The van der Waals surface area contributed by atoms with Crippen LogP contribution in [0.3, 0.4) is 0 Å². The van der Waals surface area contributed by atoms with Crippen LogP contribution in [-0.2, 0) is 0 Å². The molecule has 80 valence electrons. The first kappa shape index (κ1) is 11.4. The lowest BCUT2D eigenvalue weighted by Gasteiger charge is -2.08. The summed E-state index contributed by atoms with van der Waals surface area (Å²) in [6.45, 7) is 2.56. The molecule has 1 rings (SSSR count). The normalized spacial score (nSPS) is 11.6. The van der Waals surface area contributed by atoms with Gasteiger partial charge in [0, 0.05) is 4.91 Å². The predicted octanol–water partition coefficient (Wildman–Crippen LogP) is 2.43. The molecule has 1 atom stereocenters. The lowest BCUT2D eigenvalue weighted by atomic mass is 10.1. The Hall–Kier alpha value is -1.71. The summed E-state index contributed by atoms with van der Waals surface area (Å²) < 4.78 is 5.26. The molecule has 0 aromatic heterocycles. The molecular formula is C10H13N3O2. The first-order chi connectivity index (χ1) is 7.27. The number of ether oxygens (including phenoxy) is 1. The Kier molecular flexibility index (Phi) is 4.47. The van der Waals surface area contributed by atoms with Crippen molar-refractivity contribution in [3.05, 3.63) is 40.3 Å². The van der Waals surface area contributed by atoms with E-state index in [9.17, 15) is 5.11 Å². The molecule has 0 radical (unpaired) electrons. The zero-order chi connectivity index (χ0) is 11.1. The van der Waals surface area contributed by atoms with Crippen molar-refractivity contribution in [3.63, 3.8) is 0 Å². The molecule has 0 unspecified atom stereocenters. The minimum atomic E-state index is -0.753. The maximum absolute atomic E-state index is 9.57. The number of hydrogen-bond donors (Lipinski definition) is 1. The van der Waals surface area contributed by atoms with Crippen molar-refractivity contribution in [2.75, 3.05) is 13.2 Å². The maximum atomic E-state index is 9.57. The van der Waals surface area contributed by atoms with Gasteiger partial charge in [0.2, 0.25) is 0 Å². The summed E-state index contributed by atoms with van der Waals surface area (Å²) in [4.78, 5) is 2.59. The molecule has 0 fully saturated rings. The fourth-order valence-corrected chi connectivity index (χ4v) is 1.17. The lowest BCUT2D eigenvalue weighted by molar-refractivity contribution is 0.186. The molecular weight excluding hydrogens is 194 g/mol. The average molecular weight is 207 g/mol. The standard InChI is InChI=1S/C10H13N3O2/c1-2-15-9-5-3-8(4-6-9)10(14)7-12-13-11/h3-6,10,14H,2,7H2,1H3/t10-/m0/s1. The predicted molar refractivity (Wildman–Crippen MR) is 56.6 cm³/mol. The molecule has 0 heterocycles. The third-order valence-electron chi connectivity index (χ3n) is 1.89. The summed E-state index contributed by atoms with van der Waals surface area (Å²) in [5.41, 5.74) is 8.82. The second kappa shape index (κ2) is 5.90. The van der Waals surface area contributed by atoms with E-state index in [1.807, 2.05) is 6.92 Å². The van der Waals surface area contributed by atoms with Crippen LogP contribution in [0, 0.1) is 0 Å². The molecule has 5 heteroatoms. The van der Waals surface area contributed by atoms with Crippen LogP contribution in [0.5, 0.6) is 5.75 Å². The fourth-order valence-electron chi connectivity index (χ4n) is 1.17. The zero-order valence-electron chi connectivity index (χ0n) is 8.50. The van der Waals surface area contributed by atoms with Crippen molar-refractivity contribution >= 4 is 0 Å². The molecule has 0 saturated heterocycles. The Morgan fingerprint density at radius 3 is 2.67 bits per heavy atom. The van der Waals surface area contributed by atoms with Crippen LogP contribution >= 0.6 is 0 Å². The van der Waals surface area contributed by atoms with Crippen LogP contribution in [0.1, 0.15) is 18.6 Å². The van der Waals surface area contributed by atoms with E-state index in [0.717, 1.165) is 5.75 Å². The highest BCUT2D eigenvalue weighted by Gasteiger charge is 2.05. The molecule has 0 spiro atoms. The SMILES string of the molecule is CCOc1ccc([C@@H](O)CN=[N+]=[N-])cc1. The van der Waals surface area contributed by atoms with E-state index in [4.69, 9.17) is 10.3 Å². The van der Waals surface area contributed by atoms with Gasteiger partial charge in [-0.1, -0.05) is 17.2 Å². The van der Waals surface area contributed by atoms with E-state index in [-0.39, 0.29) is 6.54 Å². The number of nitrogens with zero attached hydrogens (tertiary/aromatic N) is 3. The molecule has 1 aromatic rings. The summed E-state index contributed by atoms with van der Waals surface area (Å²) in [5, 5.41) is 12.9. The Labute approximate surface area is 87.9 Å². The molecule has 0 bridgehead atoms. The van der Waals surface area contributed by atoms with Crippen LogP contribution in [0.4, 0.5) is 0 Å². The summed E-state index contributed by atoms with van der Waals surface area (Å²) in [6, 6.07) is 7.06. The largest absolute Gasteiger partial charge is 0.494 e. The van der Waals surface area contributed by atoms with Crippen LogP contribution < -0.4 is 4.74 Å². The van der Waals surface area contributed by atoms with Gasteiger partial charge in [0.15, 0.2) is 0 Å². The van der Waals surface area contributed by atoms with Crippen LogP contribution in [0.25, 0.3) is 10.4 Å². The van der Waals surface area contributed by atoms with Gasteiger partial charge in [-0.3, -0.25) is 0 Å². The van der Waals surface area contributed by atoms with Gasteiger partial charge in [-0.15, -0.1) is 0 Å². The van der Waals surface area contributed by atoms with Gasteiger partial charge in [-0.25, -0.2) is 0 Å². The Bertz CT molecular complexity index is 344. The summed E-state index contributed by atoms with van der Waals surface area (Å²) >= 11 is 0. The molecule has 0 aliphatic carbocycles. The number of aliphatic hydroxyl groups is 1. The molecule has 0 aliphatic heterocycles. The Morgan fingerprint density at radius 1 is 1.47 bits per heavy atom. The molecule has 1 aromatic carbocycles. The summed E-state index contributed by atoms with van der Waals surface area (Å²) in [5.74, 6) is 0.761. The number of hydrogen-bond acceptors (Lipinski definition) is 3. The zero-order valence-corrected chi connectivity index (χ0v) is 8.50. The molecule has 0 saturated carbocycles. The molecule has 1 N–H and O–H groups in total. The van der Waals surface area contributed by atoms with E-state index in [1.54, 1.807) is 24.3 Å². The molecule has 15 heavy (non-hydrogen) atoms. The molecule has 0 amide bonds. The average Bonchev–Trinajstić information content (AvgIpc) is 2.27. The second-order valence-corrected chi connectivity index (χ2v) is 2.93. The van der Waals surface area contributed by atoms with Crippen molar-refractivity contribution in [2.24, 2.45) is 5.11 Å². The number of aliphatic hydroxyl groups excluding tert-OH is 1. The van der Waals surface area contributed by atoms with Gasteiger partial charge in [0.1, 0.15) is 5.75 Å². The third-order valence-corrected chi connectivity index (χ3v) is 1.89. The highest BCUT2D eigenvalue weighted by atomic mass is 16.5. The monoisotopic (exact) mass is 207 g/mol. The molecule has 5 nitrogen and oxygen atoms in total. The summed E-state index contributed by atoms with van der Waals surface area (Å²) in [7, 11) is 0. The van der Waals surface area contributed by atoms with Gasteiger partial charge in [-0.05, 0) is 30.2 Å². The Morgan fingerprint density at radius 2 is 2.13 bits per heavy atom. The second-order valence-electron chi connectivity index (χ2n) is 2.93. The van der Waals surface area contributed by atoms with Gasteiger partial charge in [0.05, 0.1) is 19.3 Å². The first-order valence-electron chi connectivity index (χ1n) is 4.69. The quantitative estimate of drug-likeness (QED) is 0.457. The van der Waals surface area contributed by atoms with Gasteiger partial charge in [0.25, 0.3) is 0 Å². The minimum absolute atomic E-state index is 0.0461. The van der Waals surface area contributed by atoms with E-state index >= 15 is 0 Å². The van der Waals surface area contributed by atoms with Crippen LogP contribution in [0.15, 0.2) is 29.4 Å². The van der Waals surface area contributed by atoms with Crippen molar-refractivity contribution in [3.8, 4) is 5.75 Å². The fraction of sp³-hybridized carbons (Fsp3) is 0.400. The van der Waals surface area contributed by atoms with E-state index in [2.05, 4.69) is 10.0 Å². The topological polar surface area (TPSA) is 78.2 Å². The smallest absolute Gasteiger partial charge is 0.119 e. The van der Waals surface area contributed by atoms with Crippen LogP contribution in [0.2, 0.25) is 0 Å². The van der Waals surface area contributed by atoms with Crippen molar-refractivity contribution in [2.45, 2.75) is 13.0 Å². The lowest BCUT2D eigenvalue weighted by Crippen LogP contribution is -2.00. The summed E-state index contributed by atoms with van der Waals surface area (Å²) in [6.07, 6.45) is -0.753.